The molecule has 4 atom stereocenters. The molecule has 0 aliphatic carbocycles. The molecule has 7 heteroatoms. The van der Waals surface area contributed by atoms with E-state index < -0.39 is 17.4 Å². The number of anilines is 2. The highest BCUT2D eigenvalue weighted by atomic mass is 35.5. The topological polar surface area (TPSA) is 69.7 Å². The third kappa shape index (κ3) is 3.18. The Kier molecular flexibility index (Phi) is 5.32. The summed E-state index contributed by atoms with van der Waals surface area (Å²) in [5.41, 5.74) is 1.64. The van der Waals surface area contributed by atoms with Crippen molar-refractivity contribution in [3.05, 3.63) is 101 Å². The predicted octanol–water partition coefficient (Wildman–Crippen LogP) is 4.39. The third-order valence-electron chi connectivity index (χ3n) is 7.48. The van der Waals surface area contributed by atoms with Crippen LogP contribution in [0, 0.1) is 11.8 Å². The van der Waals surface area contributed by atoms with E-state index in [9.17, 15) is 14.4 Å². The van der Waals surface area contributed by atoms with E-state index in [2.05, 4.69) is 5.32 Å². The molecule has 3 amide bonds. The fourth-order valence-corrected chi connectivity index (χ4v) is 6.20. The van der Waals surface area contributed by atoms with Crippen molar-refractivity contribution in [2.75, 3.05) is 16.3 Å². The summed E-state index contributed by atoms with van der Waals surface area (Å²) in [5, 5.41) is 3.84. The molecule has 0 bridgehead atoms. The molecule has 6 nitrogen and oxygen atoms in total. The number of nitrogens with zero attached hydrogens (tertiary/aromatic N) is 2. The van der Waals surface area contributed by atoms with E-state index in [1.54, 1.807) is 29.2 Å². The summed E-state index contributed by atoms with van der Waals surface area (Å²) in [4.78, 5) is 44.6. The van der Waals surface area contributed by atoms with Gasteiger partial charge in [-0.3, -0.25) is 19.7 Å². The average molecular weight is 498 g/mol. The van der Waals surface area contributed by atoms with Crippen molar-refractivity contribution in [2.45, 2.75) is 18.5 Å². The lowest BCUT2D eigenvalue weighted by Crippen LogP contribution is -2.55. The number of fused-ring (bicyclic) bond motifs is 4. The second-order valence-corrected chi connectivity index (χ2v) is 9.92. The van der Waals surface area contributed by atoms with Crippen molar-refractivity contribution in [3.8, 4) is 0 Å². The zero-order valence-corrected chi connectivity index (χ0v) is 20.4. The van der Waals surface area contributed by atoms with Gasteiger partial charge in [-0.2, -0.15) is 0 Å². The van der Waals surface area contributed by atoms with Crippen molar-refractivity contribution in [1.82, 2.24) is 5.32 Å². The molecule has 3 heterocycles. The van der Waals surface area contributed by atoms with Gasteiger partial charge in [0, 0.05) is 28.9 Å². The van der Waals surface area contributed by atoms with E-state index in [0.717, 1.165) is 16.8 Å². The highest BCUT2D eigenvalue weighted by Gasteiger charge is 2.71. The number of halogens is 1. The zero-order valence-electron chi connectivity index (χ0n) is 19.6. The van der Waals surface area contributed by atoms with Crippen LogP contribution in [0.15, 0.2) is 84.9 Å². The standard InChI is InChI=1S/C29H24ClN3O3/c1-18-24-25(27(35)33(26(24)34)21-13-7-12-20(30)17-21)29(31-18)22-14-5-6-15-23(22)32(28(29)36)16-8-11-19-9-3-2-4-10-19/h2-15,17-18,24-25,31H,16H2,1H3/b11-8-/t18-,24-,25-,29-/m0/s1. The molecule has 36 heavy (non-hydrogen) atoms. The van der Waals surface area contributed by atoms with Crippen LogP contribution in [0.5, 0.6) is 0 Å². The van der Waals surface area contributed by atoms with Crippen LogP contribution in [-0.4, -0.2) is 30.3 Å². The minimum absolute atomic E-state index is 0.213. The molecule has 0 aromatic heterocycles. The van der Waals surface area contributed by atoms with Crippen molar-refractivity contribution in [2.24, 2.45) is 11.8 Å². The highest BCUT2D eigenvalue weighted by Crippen LogP contribution is 2.55. The molecule has 3 aliphatic rings. The van der Waals surface area contributed by atoms with Crippen LogP contribution in [0.4, 0.5) is 11.4 Å². The van der Waals surface area contributed by atoms with Gasteiger partial charge in [0.25, 0.3) is 5.91 Å². The molecule has 6 rings (SSSR count). The molecule has 180 valence electrons. The van der Waals surface area contributed by atoms with Gasteiger partial charge in [0.1, 0.15) is 5.54 Å². The summed E-state index contributed by atoms with van der Waals surface area (Å²) in [6.07, 6.45) is 3.91. The summed E-state index contributed by atoms with van der Waals surface area (Å²) in [5.74, 6) is -2.41. The second kappa shape index (κ2) is 8.43. The number of nitrogens with one attached hydrogen (secondary N) is 1. The van der Waals surface area contributed by atoms with Gasteiger partial charge < -0.3 is 4.90 Å². The van der Waals surface area contributed by atoms with E-state index in [1.165, 1.54) is 4.90 Å². The number of para-hydroxylation sites is 1. The first-order chi connectivity index (χ1) is 17.4. The number of carbonyl (C=O) groups excluding carboxylic acids is 3. The maximum atomic E-state index is 14.2. The van der Waals surface area contributed by atoms with Crippen LogP contribution < -0.4 is 15.1 Å². The number of amides is 3. The van der Waals surface area contributed by atoms with E-state index in [4.69, 9.17) is 11.6 Å². The maximum Gasteiger partial charge on any atom is 0.253 e. The van der Waals surface area contributed by atoms with Crippen LogP contribution in [0.1, 0.15) is 18.1 Å². The summed E-state index contributed by atoms with van der Waals surface area (Å²) < 4.78 is 0. The Labute approximate surface area is 214 Å². The van der Waals surface area contributed by atoms with Gasteiger partial charge >= 0.3 is 0 Å². The van der Waals surface area contributed by atoms with Crippen molar-refractivity contribution in [1.29, 1.82) is 0 Å². The Balaban J connectivity index is 1.40. The second-order valence-electron chi connectivity index (χ2n) is 9.48. The Morgan fingerprint density at radius 3 is 2.47 bits per heavy atom. The fraction of sp³-hybridized carbons (Fsp3) is 0.207. The van der Waals surface area contributed by atoms with E-state index >= 15 is 0 Å². The van der Waals surface area contributed by atoms with Crippen molar-refractivity contribution < 1.29 is 14.4 Å². The lowest BCUT2D eigenvalue weighted by Gasteiger charge is -2.30. The van der Waals surface area contributed by atoms with Crippen molar-refractivity contribution in [3.63, 3.8) is 0 Å². The summed E-state index contributed by atoms with van der Waals surface area (Å²) in [6.45, 7) is 2.22. The predicted molar refractivity (Wildman–Crippen MR) is 139 cm³/mol. The molecule has 0 radical (unpaired) electrons. The van der Waals surface area contributed by atoms with Crippen LogP contribution in [0.2, 0.25) is 5.02 Å². The molecule has 2 fully saturated rings. The maximum absolute atomic E-state index is 14.2. The summed E-state index contributed by atoms with van der Waals surface area (Å²) >= 11 is 6.16. The van der Waals surface area contributed by atoms with Crippen LogP contribution in [0.25, 0.3) is 6.08 Å². The molecule has 0 unspecified atom stereocenters. The number of hydrogen-bond acceptors (Lipinski definition) is 4. The minimum atomic E-state index is -1.30. The summed E-state index contributed by atoms with van der Waals surface area (Å²) in [7, 11) is 0. The Morgan fingerprint density at radius 2 is 1.69 bits per heavy atom. The monoisotopic (exact) mass is 497 g/mol. The number of rotatable bonds is 4. The van der Waals surface area contributed by atoms with Gasteiger partial charge in [0.05, 0.1) is 17.5 Å². The van der Waals surface area contributed by atoms with Gasteiger partial charge in [0.2, 0.25) is 11.8 Å². The van der Waals surface area contributed by atoms with E-state index in [0.29, 0.717) is 17.3 Å². The van der Waals surface area contributed by atoms with Gasteiger partial charge in [-0.25, -0.2) is 4.90 Å². The highest BCUT2D eigenvalue weighted by molar-refractivity contribution is 6.31. The van der Waals surface area contributed by atoms with Gasteiger partial charge in [-0.15, -0.1) is 0 Å². The number of hydrogen-bond donors (Lipinski definition) is 1. The number of imide groups is 1. The van der Waals surface area contributed by atoms with Gasteiger partial charge in [0.15, 0.2) is 0 Å². The molecule has 3 aliphatic heterocycles. The Hall–Kier alpha value is -3.74. The first-order valence-corrected chi connectivity index (χ1v) is 12.4. The smallest absolute Gasteiger partial charge is 0.253 e. The van der Waals surface area contributed by atoms with Gasteiger partial charge in [-0.05, 0) is 36.8 Å². The molecule has 3 aromatic carbocycles. The molecule has 0 saturated carbocycles. The minimum Gasteiger partial charge on any atom is -0.306 e. The molecule has 3 aromatic rings. The third-order valence-corrected chi connectivity index (χ3v) is 7.71. The number of carbonyl (C=O) groups is 3. The lowest BCUT2D eigenvalue weighted by atomic mass is 9.76. The average Bonchev–Trinajstić information content (AvgIpc) is 3.43. The quantitative estimate of drug-likeness (QED) is 0.543. The fourth-order valence-electron chi connectivity index (χ4n) is 6.02. The molecular weight excluding hydrogens is 474 g/mol. The Morgan fingerprint density at radius 1 is 0.944 bits per heavy atom. The zero-order chi connectivity index (χ0) is 25.0. The van der Waals surface area contributed by atoms with Gasteiger partial charge in [-0.1, -0.05) is 78.4 Å². The van der Waals surface area contributed by atoms with E-state index in [-0.39, 0.29) is 23.8 Å². The summed E-state index contributed by atoms with van der Waals surface area (Å²) in [6, 6.07) is 23.7. The molecule has 2 saturated heterocycles. The molecule has 1 N–H and O–H groups in total. The van der Waals surface area contributed by atoms with Crippen LogP contribution in [-0.2, 0) is 19.9 Å². The number of benzene rings is 3. The van der Waals surface area contributed by atoms with Crippen molar-refractivity contribution >= 4 is 46.8 Å². The van der Waals surface area contributed by atoms with Crippen LogP contribution in [0.3, 0.4) is 0 Å². The largest absolute Gasteiger partial charge is 0.306 e. The van der Waals surface area contributed by atoms with E-state index in [1.807, 2.05) is 73.7 Å². The first kappa shape index (κ1) is 22.7. The molecular formula is C29H24ClN3O3. The first-order valence-electron chi connectivity index (χ1n) is 12.0. The lowest BCUT2D eigenvalue weighted by molar-refractivity contribution is -0.132. The molecule has 1 spiro atoms. The normalized spacial score (nSPS) is 26.9. The SMILES string of the molecule is C[C@@H]1N[C@]2(C(=O)N(C/C=C\c3ccccc3)c3ccccc32)[C@@H]2C(=O)N(c3cccc(Cl)c3)C(=O)[C@@H]12. The van der Waals surface area contributed by atoms with Crippen LogP contribution >= 0.6 is 11.6 Å². The Bertz CT molecular complexity index is 1420.